The van der Waals surface area contributed by atoms with Gasteiger partial charge in [0.15, 0.2) is 10.8 Å². The van der Waals surface area contributed by atoms with E-state index in [0.717, 1.165) is 0 Å². The van der Waals surface area contributed by atoms with Crippen molar-refractivity contribution in [1.29, 1.82) is 5.53 Å². The Balaban J connectivity index is 1.93. The van der Waals surface area contributed by atoms with Crippen molar-refractivity contribution in [2.24, 2.45) is 5.11 Å². The molecule has 0 unspecified atom stereocenters. The number of rotatable bonds is 3. The maximum absolute atomic E-state index is 12.6. The number of carbonyl (C=O) groups excluding carboxylic acids is 2. The topological polar surface area (TPSA) is 100 Å². The zero-order valence-electron chi connectivity index (χ0n) is 15.7. The average Bonchev–Trinajstić information content (AvgIpc) is 2.60. The number of carbonyl (C=O) groups is 2. The standard InChI is InChI=1S/C18H26N5O3/c1-18(2,3)26-17(25)23-11-9-15(10-12-23)22(4)16(24)13-5-7-14(8-6-13)20-21-19/h5-8,15,19H,9-12H2,1-4H3/q+1. The lowest BCUT2D eigenvalue weighted by molar-refractivity contribution is 0.0160. The number of nitrogens with zero attached hydrogens (tertiary/aromatic N) is 4. The summed E-state index contributed by atoms with van der Waals surface area (Å²) in [5, 5.41) is 3.61. The molecule has 2 amide bonds. The summed E-state index contributed by atoms with van der Waals surface area (Å²) >= 11 is 0. The van der Waals surface area contributed by atoms with E-state index in [1.807, 2.05) is 20.8 Å². The molecule has 0 bridgehead atoms. The number of nitrogens with one attached hydrogen (secondary N) is 1. The van der Waals surface area contributed by atoms with Gasteiger partial charge in [0.2, 0.25) is 4.91 Å². The molecular formula is C18H26N5O3+. The zero-order valence-corrected chi connectivity index (χ0v) is 15.7. The first-order valence-corrected chi connectivity index (χ1v) is 8.64. The predicted molar refractivity (Wildman–Crippen MR) is 96.3 cm³/mol. The van der Waals surface area contributed by atoms with Crippen molar-refractivity contribution >= 4 is 17.7 Å². The van der Waals surface area contributed by atoms with Crippen LogP contribution < -0.4 is 4.91 Å². The molecule has 0 saturated carbocycles. The van der Waals surface area contributed by atoms with E-state index in [4.69, 9.17) is 10.3 Å². The first-order valence-electron chi connectivity index (χ1n) is 8.64. The van der Waals surface area contributed by atoms with Crippen molar-refractivity contribution in [2.45, 2.75) is 45.3 Å². The van der Waals surface area contributed by atoms with E-state index in [-0.39, 0.29) is 18.0 Å². The average molecular weight is 360 g/mol. The van der Waals surface area contributed by atoms with E-state index in [0.29, 0.717) is 37.2 Å². The van der Waals surface area contributed by atoms with E-state index >= 15 is 0 Å². The maximum atomic E-state index is 12.6. The van der Waals surface area contributed by atoms with E-state index in [9.17, 15) is 9.59 Å². The van der Waals surface area contributed by atoms with Crippen LogP contribution in [-0.2, 0) is 4.74 Å². The summed E-state index contributed by atoms with van der Waals surface area (Å²) in [5.74, 6) is -0.0740. The quantitative estimate of drug-likeness (QED) is 0.661. The highest BCUT2D eigenvalue weighted by Crippen LogP contribution is 2.21. The van der Waals surface area contributed by atoms with Gasteiger partial charge in [-0.05, 0) is 57.9 Å². The summed E-state index contributed by atoms with van der Waals surface area (Å²) in [7, 11) is 1.79. The number of hydrogen-bond donors (Lipinski definition) is 1. The summed E-state index contributed by atoms with van der Waals surface area (Å²) in [6.45, 7) is 6.68. The second-order valence-corrected chi connectivity index (χ2v) is 7.36. The Morgan fingerprint density at radius 2 is 1.81 bits per heavy atom. The van der Waals surface area contributed by atoms with Crippen molar-refractivity contribution in [3.8, 4) is 0 Å². The Morgan fingerprint density at radius 1 is 1.23 bits per heavy atom. The second-order valence-electron chi connectivity index (χ2n) is 7.36. The molecule has 2 rings (SSSR count). The van der Waals surface area contributed by atoms with Gasteiger partial charge in [0.1, 0.15) is 11.1 Å². The van der Waals surface area contributed by atoms with Crippen LogP contribution in [0.4, 0.5) is 10.5 Å². The Hall–Kier alpha value is -2.73. The van der Waals surface area contributed by atoms with Gasteiger partial charge >= 0.3 is 6.09 Å². The minimum atomic E-state index is -0.508. The SMILES string of the molecule is CN(C(=O)c1ccc(N=[N+]=N)cc1)C1CCN(C(=O)OC(C)(C)C)CC1. The van der Waals surface area contributed by atoms with Crippen LogP contribution in [0.25, 0.3) is 0 Å². The number of benzene rings is 1. The molecule has 140 valence electrons. The van der Waals surface area contributed by atoms with Crippen molar-refractivity contribution in [3.05, 3.63) is 29.8 Å². The molecule has 0 radical (unpaired) electrons. The first-order chi connectivity index (χ1) is 12.2. The fourth-order valence-electron chi connectivity index (χ4n) is 2.86. The minimum Gasteiger partial charge on any atom is -0.444 e. The van der Waals surface area contributed by atoms with Gasteiger partial charge in [0.05, 0.1) is 0 Å². The number of hydrogen-bond acceptors (Lipinski definition) is 5. The first kappa shape index (κ1) is 19.6. The normalized spacial score (nSPS) is 15.2. The van der Waals surface area contributed by atoms with Gasteiger partial charge in [-0.2, -0.15) is 0 Å². The number of ether oxygens (including phenoxy) is 1. The molecule has 1 aromatic carbocycles. The number of likely N-dealkylation sites (tertiary alicyclic amines) is 1. The molecule has 26 heavy (non-hydrogen) atoms. The highest BCUT2D eigenvalue weighted by molar-refractivity contribution is 5.94. The van der Waals surface area contributed by atoms with E-state index < -0.39 is 5.60 Å². The van der Waals surface area contributed by atoms with Crippen LogP contribution in [0, 0.1) is 5.53 Å². The van der Waals surface area contributed by atoms with Gasteiger partial charge in [0, 0.05) is 31.7 Å². The molecule has 1 aliphatic heterocycles. The second kappa shape index (κ2) is 8.10. The summed E-state index contributed by atoms with van der Waals surface area (Å²) in [6, 6.07) is 6.75. The van der Waals surface area contributed by atoms with Crippen molar-refractivity contribution < 1.29 is 14.3 Å². The third kappa shape index (κ3) is 5.13. The molecule has 1 heterocycles. The third-order valence-corrected chi connectivity index (χ3v) is 4.26. The molecule has 8 heteroatoms. The van der Waals surface area contributed by atoms with Gasteiger partial charge in [0.25, 0.3) is 5.91 Å². The molecule has 0 atom stereocenters. The highest BCUT2D eigenvalue weighted by Gasteiger charge is 2.30. The Kier molecular flexibility index (Phi) is 6.10. The van der Waals surface area contributed by atoms with Crippen molar-refractivity contribution in [2.75, 3.05) is 20.1 Å². The van der Waals surface area contributed by atoms with Crippen LogP contribution in [0.2, 0.25) is 0 Å². The van der Waals surface area contributed by atoms with Gasteiger partial charge in [-0.15, -0.1) is 0 Å². The van der Waals surface area contributed by atoms with Gasteiger partial charge in [-0.1, -0.05) is 0 Å². The van der Waals surface area contributed by atoms with E-state index in [1.165, 1.54) is 0 Å². The van der Waals surface area contributed by atoms with E-state index in [1.54, 1.807) is 41.1 Å². The number of piperidine rings is 1. The Morgan fingerprint density at radius 3 is 2.31 bits per heavy atom. The maximum Gasteiger partial charge on any atom is 0.410 e. The lowest BCUT2D eigenvalue weighted by atomic mass is 10.0. The van der Waals surface area contributed by atoms with E-state index in [2.05, 4.69) is 10.0 Å². The zero-order chi connectivity index (χ0) is 19.3. The van der Waals surface area contributed by atoms with Crippen molar-refractivity contribution in [1.82, 2.24) is 14.7 Å². The lowest BCUT2D eigenvalue weighted by Crippen LogP contribution is -2.48. The van der Waals surface area contributed by atoms with Gasteiger partial charge in [-0.3, -0.25) is 4.79 Å². The summed E-state index contributed by atoms with van der Waals surface area (Å²) in [5.41, 5.74) is 7.31. The van der Waals surface area contributed by atoms with Crippen LogP contribution in [0.5, 0.6) is 0 Å². The van der Waals surface area contributed by atoms with Gasteiger partial charge < -0.3 is 14.5 Å². The molecule has 0 aliphatic carbocycles. The molecular weight excluding hydrogens is 334 g/mol. The summed E-state index contributed by atoms with van der Waals surface area (Å²) in [6.07, 6.45) is 1.13. The molecule has 1 N–H and O–H groups in total. The fourth-order valence-corrected chi connectivity index (χ4v) is 2.86. The molecule has 1 fully saturated rings. The lowest BCUT2D eigenvalue weighted by Gasteiger charge is -2.37. The summed E-state index contributed by atoms with van der Waals surface area (Å²) < 4.78 is 5.40. The molecule has 8 nitrogen and oxygen atoms in total. The molecule has 1 aromatic rings. The molecule has 1 aliphatic rings. The van der Waals surface area contributed by atoms with Crippen LogP contribution in [0.15, 0.2) is 29.4 Å². The monoisotopic (exact) mass is 360 g/mol. The molecule has 0 aromatic heterocycles. The highest BCUT2D eigenvalue weighted by atomic mass is 16.6. The predicted octanol–water partition coefficient (Wildman–Crippen LogP) is 3.34. The largest absolute Gasteiger partial charge is 0.444 e. The smallest absolute Gasteiger partial charge is 0.410 e. The molecule has 1 saturated heterocycles. The van der Waals surface area contributed by atoms with Crippen LogP contribution in [0.1, 0.15) is 44.0 Å². The fraction of sp³-hybridized carbons (Fsp3) is 0.556. The minimum absolute atomic E-state index is 0.0740. The molecule has 0 spiro atoms. The number of amides is 2. The third-order valence-electron chi connectivity index (χ3n) is 4.26. The Bertz CT molecular complexity index is 697. The van der Waals surface area contributed by atoms with Crippen molar-refractivity contribution in [3.63, 3.8) is 0 Å². The Labute approximate surface area is 153 Å². The van der Waals surface area contributed by atoms with Crippen LogP contribution in [-0.4, -0.2) is 53.6 Å². The van der Waals surface area contributed by atoms with Crippen LogP contribution in [0.3, 0.4) is 0 Å². The summed E-state index contributed by atoms with van der Waals surface area (Å²) in [4.78, 5) is 31.2. The van der Waals surface area contributed by atoms with Crippen LogP contribution >= 0.6 is 0 Å². The van der Waals surface area contributed by atoms with Gasteiger partial charge in [-0.25, -0.2) is 4.79 Å².